The Labute approximate surface area is 105 Å². The number of hydrogen-bond donors (Lipinski definition) is 0. The van der Waals surface area contributed by atoms with E-state index >= 15 is 0 Å². The lowest BCUT2D eigenvalue weighted by Gasteiger charge is -2.04. The molecule has 1 aromatic heterocycles. The fourth-order valence-corrected chi connectivity index (χ4v) is 1.65. The topological polar surface area (TPSA) is 42.9 Å². The van der Waals surface area contributed by atoms with Crippen LogP contribution in [0.1, 0.15) is 27.3 Å². The second-order valence-corrected chi connectivity index (χ2v) is 4.25. The van der Waals surface area contributed by atoms with Gasteiger partial charge in [0.05, 0.1) is 0 Å². The smallest absolute Gasteiger partial charge is 0.204 e. The van der Waals surface area contributed by atoms with Gasteiger partial charge in [-0.1, -0.05) is 6.07 Å². The molecule has 1 heterocycles. The Morgan fingerprint density at radius 2 is 1.89 bits per heavy atom. The third kappa shape index (κ3) is 2.77. The van der Waals surface area contributed by atoms with Crippen LogP contribution in [-0.4, -0.2) is 15.8 Å². The Hall–Kier alpha value is -2.10. The van der Waals surface area contributed by atoms with E-state index in [4.69, 9.17) is 0 Å². The van der Waals surface area contributed by atoms with E-state index in [9.17, 15) is 9.18 Å². The third-order valence-electron chi connectivity index (χ3n) is 2.69. The number of nitrogens with zero attached hydrogens (tertiary/aromatic N) is 2. The van der Waals surface area contributed by atoms with Crippen LogP contribution in [0.2, 0.25) is 0 Å². The van der Waals surface area contributed by atoms with Crippen LogP contribution in [-0.2, 0) is 6.42 Å². The Kier molecular flexibility index (Phi) is 3.46. The molecule has 0 saturated carbocycles. The number of carbonyl (C=O) groups is 1. The number of carbonyl (C=O) groups excluding carboxylic acids is 1. The van der Waals surface area contributed by atoms with Gasteiger partial charge in [-0.05, 0) is 42.7 Å². The first-order valence-corrected chi connectivity index (χ1v) is 5.63. The summed E-state index contributed by atoms with van der Waals surface area (Å²) in [7, 11) is 0. The summed E-state index contributed by atoms with van der Waals surface area (Å²) in [5, 5.41) is 0. The standard InChI is InChI=1S/C14H13FN2O/c1-9-7-16-14(17-8-9)13(18)6-11-3-4-12(15)5-10(11)2/h3-5,7-8H,6H2,1-2H3. The lowest BCUT2D eigenvalue weighted by atomic mass is 10.0. The zero-order valence-corrected chi connectivity index (χ0v) is 10.3. The molecule has 0 atom stereocenters. The van der Waals surface area contributed by atoms with Gasteiger partial charge in [-0.25, -0.2) is 14.4 Å². The van der Waals surface area contributed by atoms with Crippen molar-refractivity contribution in [2.45, 2.75) is 20.3 Å². The summed E-state index contributed by atoms with van der Waals surface area (Å²) in [6.07, 6.45) is 3.41. The van der Waals surface area contributed by atoms with Crippen LogP contribution in [0.5, 0.6) is 0 Å². The summed E-state index contributed by atoms with van der Waals surface area (Å²) in [6, 6.07) is 4.39. The second-order valence-electron chi connectivity index (χ2n) is 4.25. The highest BCUT2D eigenvalue weighted by Crippen LogP contribution is 2.12. The van der Waals surface area contributed by atoms with Crippen LogP contribution in [0.15, 0.2) is 30.6 Å². The van der Waals surface area contributed by atoms with E-state index in [0.717, 1.165) is 16.7 Å². The molecule has 0 aliphatic heterocycles. The first-order chi connectivity index (χ1) is 8.56. The molecule has 2 rings (SSSR count). The third-order valence-corrected chi connectivity index (χ3v) is 2.69. The number of halogens is 1. The van der Waals surface area contributed by atoms with Crippen molar-refractivity contribution in [2.24, 2.45) is 0 Å². The molecule has 0 N–H and O–H groups in total. The average molecular weight is 244 g/mol. The van der Waals surface area contributed by atoms with E-state index in [-0.39, 0.29) is 23.8 Å². The van der Waals surface area contributed by atoms with Gasteiger partial charge in [-0.15, -0.1) is 0 Å². The first-order valence-electron chi connectivity index (χ1n) is 5.63. The highest BCUT2D eigenvalue weighted by molar-refractivity contribution is 5.94. The Morgan fingerprint density at radius 3 is 2.50 bits per heavy atom. The predicted molar refractivity (Wildman–Crippen MR) is 65.9 cm³/mol. The number of Topliss-reactive ketones (excluding diaryl/α,β-unsaturated/α-hetero) is 1. The minimum absolute atomic E-state index is 0.162. The Morgan fingerprint density at radius 1 is 1.22 bits per heavy atom. The number of benzene rings is 1. The van der Waals surface area contributed by atoms with Crippen LogP contribution in [0.25, 0.3) is 0 Å². The molecule has 0 unspecified atom stereocenters. The van der Waals surface area contributed by atoms with Crippen molar-refractivity contribution in [3.63, 3.8) is 0 Å². The molecule has 0 amide bonds. The van der Waals surface area contributed by atoms with Crippen LogP contribution in [0.4, 0.5) is 4.39 Å². The number of aryl methyl sites for hydroxylation is 2. The van der Waals surface area contributed by atoms with E-state index in [1.54, 1.807) is 25.4 Å². The van der Waals surface area contributed by atoms with E-state index in [1.807, 2.05) is 6.92 Å². The maximum absolute atomic E-state index is 12.9. The Balaban J connectivity index is 2.18. The van der Waals surface area contributed by atoms with Crippen molar-refractivity contribution in [3.05, 3.63) is 58.9 Å². The number of aromatic nitrogens is 2. The molecule has 0 fully saturated rings. The minimum atomic E-state index is -0.296. The minimum Gasteiger partial charge on any atom is -0.290 e. The summed E-state index contributed by atoms with van der Waals surface area (Å²) < 4.78 is 12.9. The van der Waals surface area contributed by atoms with E-state index in [2.05, 4.69) is 9.97 Å². The summed E-state index contributed by atoms with van der Waals surface area (Å²) >= 11 is 0. The number of hydrogen-bond acceptors (Lipinski definition) is 3. The van der Waals surface area contributed by atoms with Crippen molar-refractivity contribution in [2.75, 3.05) is 0 Å². The molecular formula is C14H13FN2O. The summed E-state index contributed by atoms with van der Waals surface area (Å²) in [5.41, 5.74) is 2.46. The summed E-state index contributed by atoms with van der Waals surface area (Å²) in [5.74, 6) is -0.260. The van der Waals surface area contributed by atoms with Crippen molar-refractivity contribution >= 4 is 5.78 Å². The van der Waals surface area contributed by atoms with Gasteiger partial charge >= 0.3 is 0 Å². The maximum Gasteiger partial charge on any atom is 0.204 e. The highest BCUT2D eigenvalue weighted by Gasteiger charge is 2.11. The molecule has 4 heteroatoms. The van der Waals surface area contributed by atoms with E-state index in [0.29, 0.717) is 0 Å². The molecule has 92 valence electrons. The van der Waals surface area contributed by atoms with Crippen LogP contribution < -0.4 is 0 Å². The molecule has 0 aliphatic rings. The highest BCUT2D eigenvalue weighted by atomic mass is 19.1. The lowest BCUT2D eigenvalue weighted by molar-refractivity contribution is 0.0982. The quantitative estimate of drug-likeness (QED) is 0.779. The molecule has 0 spiro atoms. The molecule has 0 aliphatic carbocycles. The van der Waals surface area contributed by atoms with Crippen molar-refractivity contribution in [1.29, 1.82) is 0 Å². The van der Waals surface area contributed by atoms with Gasteiger partial charge < -0.3 is 0 Å². The average Bonchev–Trinajstić information content (AvgIpc) is 2.33. The van der Waals surface area contributed by atoms with Crippen LogP contribution in [0.3, 0.4) is 0 Å². The van der Waals surface area contributed by atoms with Gasteiger partial charge in [0.2, 0.25) is 5.78 Å². The summed E-state index contributed by atoms with van der Waals surface area (Å²) in [6.45, 7) is 3.64. The van der Waals surface area contributed by atoms with Crippen molar-refractivity contribution in [3.8, 4) is 0 Å². The van der Waals surface area contributed by atoms with Crippen LogP contribution >= 0.6 is 0 Å². The van der Waals surface area contributed by atoms with Crippen molar-refractivity contribution in [1.82, 2.24) is 9.97 Å². The van der Waals surface area contributed by atoms with Gasteiger partial charge in [0.1, 0.15) is 5.82 Å². The molecule has 3 nitrogen and oxygen atoms in total. The molecule has 18 heavy (non-hydrogen) atoms. The van der Waals surface area contributed by atoms with Gasteiger partial charge in [0, 0.05) is 18.8 Å². The molecule has 0 radical (unpaired) electrons. The lowest BCUT2D eigenvalue weighted by Crippen LogP contribution is -2.09. The molecule has 0 bridgehead atoms. The van der Waals surface area contributed by atoms with Gasteiger partial charge in [0.25, 0.3) is 0 Å². The van der Waals surface area contributed by atoms with Gasteiger partial charge in [-0.3, -0.25) is 4.79 Å². The fourth-order valence-electron chi connectivity index (χ4n) is 1.65. The largest absolute Gasteiger partial charge is 0.290 e. The molecule has 2 aromatic rings. The summed E-state index contributed by atoms with van der Waals surface area (Å²) in [4.78, 5) is 19.9. The predicted octanol–water partition coefficient (Wildman–Crippen LogP) is 2.66. The zero-order chi connectivity index (χ0) is 13.1. The van der Waals surface area contributed by atoms with Crippen LogP contribution in [0, 0.1) is 19.7 Å². The van der Waals surface area contributed by atoms with Gasteiger partial charge in [-0.2, -0.15) is 0 Å². The monoisotopic (exact) mass is 244 g/mol. The maximum atomic E-state index is 12.9. The first kappa shape index (κ1) is 12.4. The number of rotatable bonds is 3. The normalized spacial score (nSPS) is 10.4. The molecule has 1 aromatic carbocycles. The fraction of sp³-hybridized carbons (Fsp3) is 0.214. The second kappa shape index (κ2) is 5.04. The van der Waals surface area contributed by atoms with E-state index in [1.165, 1.54) is 12.1 Å². The Bertz CT molecular complexity index is 579. The zero-order valence-electron chi connectivity index (χ0n) is 10.3. The van der Waals surface area contributed by atoms with Gasteiger partial charge in [0.15, 0.2) is 5.82 Å². The molecular weight excluding hydrogens is 231 g/mol. The van der Waals surface area contributed by atoms with E-state index < -0.39 is 0 Å². The van der Waals surface area contributed by atoms with Crippen molar-refractivity contribution < 1.29 is 9.18 Å². The molecule has 0 saturated heterocycles. The number of ketones is 1. The SMILES string of the molecule is Cc1cnc(C(=O)Cc2ccc(F)cc2C)nc1.